The van der Waals surface area contributed by atoms with Gasteiger partial charge in [-0.2, -0.15) is 5.10 Å². The molecule has 2 amide bonds. The second kappa shape index (κ2) is 11.6. The summed E-state index contributed by atoms with van der Waals surface area (Å²) in [6, 6.07) is 9.75. The largest absolute Gasteiger partial charge is 0.379 e. The first-order valence-electron chi connectivity index (χ1n) is 13.0. The lowest BCUT2D eigenvalue weighted by atomic mass is 9.91. The molecule has 1 aromatic heterocycles. The zero-order valence-corrected chi connectivity index (χ0v) is 22.3. The monoisotopic (exact) mass is 511 g/mol. The van der Waals surface area contributed by atoms with Crippen LogP contribution in [0.2, 0.25) is 0 Å². The number of hydrogen-bond donors (Lipinski definition) is 0. The van der Waals surface area contributed by atoms with Crippen molar-refractivity contribution in [2.45, 2.75) is 39.7 Å². The third-order valence-corrected chi connectivity index (χ3v) is 6.81. The van der Waals surface area contributed by atoms with Crippen LogP contribution in [0, 0.1) is 11.2 Å². The first kappa shape index (κ1) is 27.0. The molecule has 0 unspecified atom stereocenters. The van der Waals surface area contributed by atoms with E-state index in [0.29, 0.717) is 39.1 Å². The van der Waals surface area contributed by atoms with Gasteiger partial charge in [0.15, 0.2) is 0 Å². The number of aromatic nitrogens is 1. The molecule has 3 heterocycles. The molecule has 200 valence electrons. The van der Waals surface area contributed by atoms with Gasteiger partial charge < -0.3 is 14.2 Å². The van der Waals surface area contributed by atoms with Gasteiger partial charge in [0, 0.05) is 52.3 Å². The predicted octanol–water partition coefficient (Wildman–Crippen LogP) is 3.44. The molecule has 2 aromatic rings. The van der Waals surface area contributed by atoms with E-state index >= 15 is 0 Å². The summed E-state index contributed by atoms with van der Waals surface area (Å²) < 4.78 is 21.1. The molecular formula is C28H38FN5O3. The predicted molar refractivity (Wildman–Crippen MR) is 140 cm³/mol. The van der Waals surface area contributed by atoms with Gasteiger partial charge in [0.1, 0.15) is 12.4 Å². The highest BCUT2D eigenvalue weighted by Crippen LogP contribution is 2.33. The van der Waals surface area contributed by atoms with Crippen molar-refractivity contribution >= 4 is 17.5 Å². The molecule has 0 bridgehead atoms. The van der Waals surface area contributed by atoms with Gasteiger partial charge in [-0.25, -0.2) is 9.40 Å². The molecule has 0 spiro atoms. The first-order valence-corrected chi connectivity index (χ1v) is 13.0. The third kappa shape index (κ3) is 7.05. The highest BCUT2D eigenvalue weighted by molar-refractivity contribution is 6.02. The van der Waals surface area contributed by atoms with Crippen molar-refractivity contribution in [3.8, 4) is 0 Å². The van der Waals surface area contributed by atoms with E-state index in [2.05, 4.69) is 4.90 Å². The number of hydrogen-bond acceptors (Lipinski definition) is 5. The van der Waals surface area contributed by atoms with Crippen LogP contribution in [0.3, 0.4) is 0 Å². The van der Waals surface area contributed by atoms with Crippen LogP contribution < -0.4 is 0 Å². The minimum atomic E-state index is -0.364. The Bertz CT molecular complexity index is 1120. The Hall–Kier alpha value is -3.04. The number of rotatable bonds is 8. The molecule has 9 heteroatoms. The lowest BCUT2D eigenvalue weighted by Crippen LogP contribution is -2.47. The summed E-state index contributed by atoms with van der Waals surface area (Å²) in [7, 11) is 1.94. The molecule has 2 aliphatic heterocycles. The van der Waals surface area contributed by atoms with E-state index in [4.69, 9.17) is 9.84 Å². The maximum absolute atomic E-state index is 13.7. The second-order valence-corrected chi connectivity index (χ2v) is 11.1. The van der Waals surface area contributed by atoms with Crippen molar-refractivity contribution in [3.05, 3.63) is 59.7 Å². The number of ether oxygens (including phenoxy) is 1. The molecule has 0 N–H and O–H groups in total. The zero-order valence-electron chi connectivity index (χ0n) is 22.3. The maximum Gasteiger partial charge on any atom is 0.262 e. The quantitative estimate of drug-likeness (QED) is 0.545. The highest BCUT2D eigenvalue weighted by Gasteiger charge is 2.35. The van der Waals surface area contributed by atoms with Gasteiger partial charge in [-0.1, -0.05) is 32.9 Å². The molecule has 0 saturated carbocycles. The SMILES string of the molecule is Cn1cccc1C1=NN(C(=O)CN(CCN2CCOCC2)C(=O)CC(C)(C)C)[C@H](c2ccc(F)cc2)C1. The number of aryl methyl sites for hydroxylation is 1. The van der Waals surface area contributed by atoms with E-state index in [0.717, 1.165) is 30.1 Å². The Morgan fingerprint density at radius 1 is 1.14 bits per heavy atom. The summed E-state index contributed by atoms with van der Waals surface area (Å²) in [6.45, 7) is 10.2. The zero-order chi connectivity index (χ0) is 26.6. The smallest absolute Gasteiger partial charge is 0.262 e. The van der Waals surface area contributed by atoms with Gasteiger partial charge in [0.25, 0.3) is 5.91 Å². The van der Waals surface area contributed by atoms with E-state index in [1.807, 2.05) is 50.7 Å². The van der Waals surface area contributed by atoms with Gasteiger partial charge in [-0.15, -0.1) is 0 Å². The van der Waals surface area contributed by atoms with Gasteiger partial charge in [0.05, 0.1) is 30.7 Å². The normalized spacial score (nSPS) is 18.7. The average molecular weight is 512 g/mol. The molecule has 4 rings (SSSR count). The molecule has 1 atom stereocenters. The minimum absolute atomic E-state index is 0.0433. The third-order valence-electron chi connectivity index (χ3n) is 6.81. The van der Waals surface area contributed by atoms with Crippen LogP contribution in [-0.4, -0.2) is 82.8 Å². The Balaban J connectivity index is 1.56. The molecule has 0 radical (unpaired) electrons. The van der Waals surface area contributed by atoms with E-state index in [9.17, 15) is 14.0 Å². The summed E-state index contributed by atoms with van der Waals surface area (Å²) in [5.41, 5.74) is 2.33. The van der Waals surface area contributed by atoms with Crippen LogP contribution in [0.25, 0.3) is 0 Å². The van der Waals surface area contributed by atoms with E-state index in [-0.39, 0.29) is 35.6 Å². The van der Waals surface area contributed by atoms with Gasteiger partial charge in [-0.05, 0) is 35.2 Å². The van der Waals surface area contributed by atoms with Crippen LogP contribution in [0.5, 0.6) is 0 Å². The van der Waals surface area contributed by atoms with E-state index < -0.39 is 0 Å². The summed E-state index contributed by atoms with van der Waals surface area (Å²) in [4.78, 5) is 31.0. The summed E-state index contributed by atoms with van der Waals surface area (Å²) in [5.74, 6) is -0.619. The summed E-state index contributed by atoms with van der Waals surface area (Å²) in [5, 5.41) is 6.22. The van der Waals surface area contributed by atoms with Crippen molar-refractivity contribution < 1.29 is 18.7 Å². The number of nitrogens with zero attached hydrogens (tertiary/aromatic N) is 5. The molecular weight excluding hydrogens is 473 g/mol. The number of hydrazone groups is 1. The Kier molecular flexibility index (Phi) is 8.44. The van der Waals surface area contributed by atoms with Crippen molar-refractivity contribution in [2.75, 3.05) is 45.9 Å². The van der Waals surface area contributed by atoms with Crippen molar-refractivity contribution in [1.82, 2.24) is 19.4 Å². The molecule has 2 aliphatic rings. The van der Waals surface area contributed by atoms with Gasteiger partial charge >= 0.3 is 0 Å². The summed E-state index contributed by atoms with van der Waals surface area (Å²) in [6.07, 6.45) is 2.80. The van der Waals surface area contributed by atoms with Gasteiger partial charge in [0.2, 0.25) is 5.91 Å². The topological polar surface area (TPSA) is 70.4 Å². The fourth-order valence-corrected chi connectivity index (χ4v) is 4.78. The fourth-order valence-electron chi connectivity index (χ4n) is 4.78. The van der Waals surface area contributed by atoms with E-state index in [1.165, 1.54) is 17.1 Å². The molecule has 1 saturated heterocycles. The first-order chi connectivity index (χ1) is 17.6. The molecule has 37 heavy (non-hydrogen) atoms. The number of amides is 2. The minimum Gasteiger partial charge on any atom is -0.379 e. The number of carbonyl (C=O) groups is 2. The van der Waals surface area contributed by atoms with Crippen molar-refractivity contribution in [3.63, 3.8) is 0 Å². The summed E-state index contributed by atoms with van der Waals surface area (Å²) >= 11 is 0. The lowest BCUT2D eigenvalue weighted by molar-refractivity contribution is -0.142. The Labute approximate surface area is 218 Å². The van der Waals surface area contributed by atoms with Crippen LogP contribution in [-0.2, 0) is 21.4 Å². The van der Waals surface area contributed by atoms with Crippen LogP contribution in [0.1, 0.15) is 50.9 Å². The number of morpholine rings is 1. The van der Waals surface area contributed by atoms with Crippen molar-refractivity contribution in [2.24, 2.45) is 17.6 Å². The Morgan fingerprint density at radius 3 is 2.46 bits per heavy atom. The lowest BCUT2D eigenvalue weighted by Gasteiger charge is -2.32. The standard InChI is InChI=1S/C28H38FN5O3/c1-28(2,3)19-26(35)33(13-12-32-14-16-37-17-15-32)20-27(36)34-25(21-7-9-22(29)10-8-21)18-23(30-34)24-6-5-11-31(24)4/h5-11,25H,12-20H2,1-4H3/t25-/m0/s1. The molecule has 8 nitrogen and oxygen atoms in total. The number of benzene rings is 1. The Morgan fingerprint density at radius 2 is 1.84 bits per heavy atom. The van der Waals surface area contributed by atoms with Gasteiger partial charge in [-0.3, -0.25) is 14.5 Å². The van der Waals surface area contributed by atoms with Crippen molar-refractivity contribution in [1.29, 1.82) is 0 Å². The molecule has 0 aliphatic carbocycles. The molecule has 1 aromatic carbocycles. The second-order valence-electron chi connectivity index (χ2n) is 11.1. The van der Waals surface area contributed by atoms with Crippen LogP contribution in [0.4, 0.5) is 4.39 Å². The van der Waals surface area contributed by atoms with Crippen LogP contribution >= 0.6 is 0 Å². The van der Waals surface area contributed by atoms with Crippen LogP contribution in [0.15, 0.2) is 47.7 Å². The maximum atomic E-state index is 13.7. The molecule has 1 fully saturated rings. The fraction of sp³-hybridized carbons (Fsp3) is 0.536. The number of halogens is 1. The highest BCUT2D eigenvalue weighted by atomic mass is 19.1. The van der Waals surface area contributed by atoms with E-state index in [1.54, 1.807) is 17.0 Å². The average Bonchev–Trinajstić information content (AvgIpc) is 3.48. The number of carbonyl (C=O) groups excluding carboxylic acids is 2.